The molecule has 0 aliphatic heterocycles. The first-order valence-corrected chi connectivity index (χ1v) is 7.58. The molecule has 0 spiro atoms. The second-order valence-corrected chi connectivity index (χ2v) is 5.38. The lowest BCUT2D eigenvalue weighted by atomic mass is 10.2. The van der Waals surface area contributed by atoms with Gasteiger partial charge in [-0.25, -0.2) is 14.2 Å². The van der Waals surface area contributed by atoms with E-state index < -0.39 is 5.82 Å². The van der Waals surface area contributed by atoms with Gasteiger partial charge in [0.2, 0.25) is 5.88 Å². The maximum Gasteiger partial charge on any atom is 0.315 e. The molecule has 3 N–H and O–H groups in total. The fourth-order valence-corrected chi connectivity index (χ4v) is 1.86. The number of hydrogen-bond acceptors (Lipinski definition) is 4. The van der Waals surface area contributed by atoms with Gasteiger partial charge in [-0.15, -0.1) is 0 Å². The van der Waals surface area contributed by atoms with Crippen molar-refractivity contribution in [2.45, 2.75) is 13.5 Å². The number of rotatable bonds is 7. The lowest BCUT2D eigenvalue weighted by Crippen LogP contribution is -2.38. The lowest BCUT2D eigenvalue weighted by molar-refractivity contribution is 0.222. The standard InChI is InChI=1S/C17H20FN3O3/c1-12(11-22)9-20-17(23)21-10-13-4-3-7-19-16(13)24-15-6-2-5-14(18)8-15/h2-8,12,22H,9-11H2,1H3,(H2,20,21,23). The predicted octanol–water partition coefficient (Wildman–Crippen LogP) is 2.44. The number of benzene rings is 1. The minimum absolute atomic E-state index is 0.00844. The van der Waals surface area contributed by atoms with Crippen LogP contribution in [0.25, 0.3) is 0 Å². The van der Waals surface area contributed by atoms with E-state index in [9.17, 15) is 9.18 Å². The minimum Gasteiger partial charge on any atom is -0.439 e. The third kappa shape index (κ3) is 5.51. The van der Waals surface area contributed by atoms with Crippen LogP contribution in [0.2, 0.25) is 0 Å². The molecule has 1 unspecified atom stereocenters. The van der Waals surface area contributed by atoms with Crippen LogP contribution in [-0.2, 0) is 6.54 Å². The molecule has 0 saturated carbocycles. The molecule has 1 aromatic heterocycles. The van der Waals surface area contributed by atoms with Crippen molar-refractivity contribution >= 4 is 6.03 Å². The highest BCUT2D eigenvalue weighted by molar-refractivity contribution is 5.73. The number of aliphatic hydroxyl groups excluding tert-OH is 1. The molecule has 1 heterocycles. The van der Waals surface area contributed by atoms with E-state index in [-0.39, 0.29) is 25.1 Å². The summed E-state index contributed by atoms with van der Waals surface area (Å²) >= 11 is 0. The van der Waals surface area contributed by atoms with Gasteiger partial charge in [0.1, 0.15) is 11.6 Å². The molecule has 24 heavy (non-hydrogen) atoms. The Morgan fingerprint density at radius 3 is 2.92 bits per heavy atom. The number of hydrogen-bond donors (Lipinski definition) is 3. The average Bonchev–Trinajstić information content (AvgIpc) is 2.59. The summed E-state index contributed by atoms with van der Waals surface area (Å²) in [4.78, 5) is 15.9. The van der Waals surface area contributed by atoms with Crippen molar-refractivity contribution in [1.82, 2.24) is 15.6 Å². The van der Waals surface area contributed by atoms with Crippen molar-refractivity contribution in [3.63, 3.8) is 0 Å². The molecular formula is C17H20FN3O3. The summed E-state index contributed by atoms with van der Waals surface area (Å²) in [5.74, 6) is 0.213. The van der Waals surface area contributed by atoms with Gasteiger partial charge < -0.3 is 20.5 Å². The Bertz CT molecular complexity index is 682. The molecule has 0 radical (unpaired) electrons. The van der Waals surface area contributed by atoms with Crippen molar-refractivity contribution < 1.29 is 19.0 Å². The van der Waals surface area contributed by atoms with Gasteiger partial charge in [0.15, 0.2) is 0 Å². The van der Waals surface area contributed by atoms with E-state index in [0.29, 0.717) is 23.7 Å². The van der Waals surface area contributed by atoms with Gasteiger partial charge in [-0.3, -0.25) is 0 Å². The topological polar surface area (TPSA) is 83.5 Å². The number of urea groups is 1. The second kappa shape index (κ2) is 8.83. The number of nitrogens with one attached hydrogen (secondary N) is 2. The average molecular weight is 333 g/mol. The summed E-state index contributed by atoms with van der Waals surface area (Å²) in [5, 5.41) is 14.3. The van der Waals surface area contributed by atoms with Crippen LogP contribution in [0.4, 0.5) is 9.18 Å². The third-order valence-electron chi connectivity index (χ3n) is 3.22. The molecule has 2 amide bonds. The van der Waals surface area contributed by atoms with Gasteiger partial charge in [0, 0.05) is 37.5 Å². The molecular weight excluding hydrogens is 313 g/mol. The first kappa shape index (κ1) is 17.7. The van der Waals surface area contributed by atoms with E-state index in [4.69, 9.17) is 9.84 Å². The van der Waals surface area contributed by atoms with Gasteiger partial charge in [-0.1, -0.05) is 19.1 Å². The molecule has 0 fully saturated rings. The number of carbonyl (C=O) groups excluding carboxylic acids is 1. The van der Waals surface area contributed by atoms with Gasteiger partial charge >= 0.3 is 6.03 Å². The van der Waals surface area contributed by atoms with E-state index >= 15 is 0 Å². The Morgan fingerprint density at radius 2 is 2.17 bits per heavy atom. The summed E-state index contributed by atoms with van der Waals surface area (Å²) in [7, 11) is 0. The van der Waals surface area contributed by atoms with Crippen LogP contribution in [0.15, 0.2) is 42.6 Å². The third-order valence-corrected chi connectivity index (χ3v) is 3.22. The summed E-state index contributed by atoms with van der Waals surface area (Å²) < 4.78 is 18.8. The highest BCUT2D eigenvalue weighted by Crippen LogP contribution is 2.23. The summed E-state index contributed by atoms with van der Waals surface area (Å²) in [5.41, 5.74) is 0.659. The molecule has 0 bridgehead atoms. The molecule has 0 saturated heterocycles. The molecule has 7 heteroatoms. The van der Waals surface area contributed by atoms with Crippen LogP contribution in [0.3, 0.4) is 0 Å². The number of aromatic nitrogens is 1. The van der Waals surface area contributed by atoms with Crippen molar-refractivity contribution in [3.05, 3.63) is 54.0 Å². The molecule has 6 nitrogen and oxygen atoms in total. The SMILES string of the molecule is CC(CO)CNC(=O)NCc1cccnc1Oc1cccc(F)c1. The second-order valence-electron chi connectivity index (χ2n) is 5.38. The van der Waals surface area contributed by atoms with Crippen LogP contribution in [0, 0.1) is 11.7 Å². The number of carbonyl (C=O) groups is 1. The van der Waals surface area contributed by atoms with Crippen LogP contribution in [0.1, 0.15) is 12.5 Å². The first-order valence-electron chi connectivity index (χ1n) is 7.58. The maximum absolute atomic E-state index is 13.2. The Kier molecular flexibility index (Phi) is 6.51. The largest absolute Gasteiger partial charge is 0.439 e. The zero-order valence-electron chi connectivity index (χ0n) is 13.3. The predicted molar refractivity (Wildman–Crippen MR) is 87.2 cm³/mol. The fraction of sp³-hybridized carbons (Fsp3) is 0.294. The summed E-state index contributed by atoms with van der Waals surface area (Å²) in [6.07, 6.45) is 1.56. The maximum atomic E-state index is 13.2. The van der Waals surface area contributed by atoms with E-state index in [1.807, 2.05) is 6.92 Å². The molecule has 0 aliphatic rings. The quantitative estimate of drug-likeness (QED) is 0.727. The Balaban J connectivity index is 1.95. The van der Waals surface area contributed by atoms with E-state index in [1.165, 1.54) is 12.1 Å². The van der Waals surface area contributed by atoms with Crippen LogP contribution in [-0.4, -0.2) is 29.3 Å². The molecule has 0 aliphatic carbocycles. The number of halogens is 1. The molecule has 2 aromatic rings. The normalized spacial score (nSPS) is 11.6. The monoisotopic (exact) mass is 333 g/mol. The number of pyridine rings is 1. The summed E-state index contributed by atoms with van der Waals surface area (Å²) in [6.45, 7) is 2.42. The highest BCUT2D eigenvalue weighted by Gasteiger charge is 2.09. The van der Waals surface area contributed by atoms with Crippen molar-refractivity contribution in [2.24, 2.45) is 5.92 Å². The number of amides is 2. The fourth-order valence-electron chi connectivity index (χ4n) is 1.86. The number of ether oxygens (including phenoxy) is 1. The van der Waals surface area contributed by atoms with Crippen LogP contribution < -0.4 is 15.4 Å². The van der Waals surface area contributed by atoms with Crippen LogP contribution in [0.5, 0.6) is 11.6 Å². The zero-order valence-corrected chi connectivity index (χ0v) is 13.3. The van der Waals surface area contributed by atoms with Crippen molar-refractivity contribution in [1.29, 1.82) is 0 Å². The molecule has 2 rings (SSSR count). The zero-order chi connectivity index (χ0) is 17.4. The highest BCUT2D eigenvalue weighted by atomic mass is 19.1. The Hall–Kier alpha value is -2.67. The Labute approximate surface area is 139 Å². The smallest absolute Gasteiger partial charge is 0.315 e. The van der Waals surface area contributed by atoms with Crippen LogP contribution >= 0.6 is 0 Å². The van der Waals surface area contributed by atoms with Crippen molar-refractivity contribution in [2.75, 3.05) is 13.2 Å². The van der Waals surface area contributed by atoms with Crippen molar-refractivity contribution in [3.8, 4) is 11.6 Å². The molecule has 1 aromatic carbocycles. The molecule has 1 atom stereocenters. The Morgan fingerprint density at radius 1 is 1.33 bits per heavy atom. The molecule has 128 valence electrons. The van der Waals surface area contributed by atoms with Gasteiger partial charge in [0.25, 0.3) is 0 Å². The lowest BCUT2D eigenvalue weighted by Gasteiger charge is -2.13. The van der Waals surface area contributed by atoms with E-state index in [1.54, 1.807) is 30.5 Å². The first-order chi connectivity index (χ1) is 11.6. The minimum atomic E-state index is -0.402. The number of aliphatic hydroxyl groups is 1. The number of nitrogens with zero attached hydrogens (tertiary/aromatic N) is 1. The van der Waals surface area contributed by atoms with E-state index in [2.05, 4.69) is 15.6 Å². The van der Waals surface area contributed by atoms with Gasteiger partial charge in [-0.2, -0.15) is 0 Å². The van der Waals surface area contributed by atoms with Gasteiger partial charge in [-0.05, 0) is 24.1 Å². The van der Waals surface area contributed by atoms with E-state index in [0.717, 1.165) is 0 Å². The van der Waals surface area contributed by atoms with Gasteiger partial charge in [0.05, 0.1) is 0 Å². The summed E-state index contributed by atoms with van der Waals surface area (Å²) in [6, 6.07) is 8.88.